The molecule has 0 bridgehead atoms. The summed E-state index contributed by atoms with van der Waals surface area (Å²) in [6.45, 7) is 2.65. The summed E-state index contributed by atoms with van der Waals surface area (Å²) in [5.41, 5.74) is 1.04. The molecule has 0 unspecified atom stereocenters. The summed E-state index contributed by atoms with van der Waals surface area (Å²) >= 11 is 0. The number of hydrogen-bond acceptors (Lipinski definition) is 4. The van der Waals surface area contributed by atoms with Crippen molar-refractivity contribution in [2.75, 3.05) is 13.2 Å². The quantitative estimate of drug-likeness (QED) is 0.625. The molecule has 1 N–H and O–H groups in total. The summed E-state index contributed by atoms with van der Waals surface area (Å²) in [6.07, 6.45) is -1.57. The van der Waals surface area contributed by atoms with Crippen LogP contribution in [0.25, 0.3) is 5.69 Å². The smallest absolute Gasteiger partial charge is 0.377 e. The third kappa shape index (κ3) is 4.74. The number of aromatic nitrogens is 3. The van der Waals surface area contributed by atoms with Gasteiger partial charge in [0.1, 0.15) is 5.82 Å². The molecular formula is C21H18F4N4O2. The molecule has 1 aliphatic rings. The molecule has 1 aromatic carbocycles. The summed E-state index contributed by atoms with van der Waals surface area (Å²) in [4.78, 5) is 16.6. The molecule has 6 nitrogen and oxygen atoms in total. The molecule has 31 heavy (non-hydrogen) atoms. The fourth-order valence-electron chi connectivity index (χ4n) is 3.23. The van der Waals surface area contributed by atoms with Crippen LogP contribution >= 0.6 is 0 Å². The first-order chi connectivity index (χ1) is 14.7. The van der Waals surface area contributed by atoms with Crippen LogP contribution in [0.15, 0.2) is 42.7 Å². The predicted molar refractivity (Wildman–Crippen MR) is 102 cm³/mol. The number of halogens is 4. The van der Waals surface area contributed by atoms with E-state index in [2.05, 4.69) is 15.4 Å². The first-order valence-corrected chi connectivity index (χ1v) is 9.46. The molecule has 1 fully saturated rings. The van der Waals surface area contributed by atoms with Gasteiger partial charge in [-0.15, -0.1) is 0 Å². The molecule has 0 atom stereocenters. The first kappa shape index (κ1) is 21.0. The summed E-state index contributed by atoms with van der Waals surface area (Å²) in [5.74, 6) is -1.22. The van der Waals surface area contributed by atoms with Gasteiger partial charge in [0.05, 0.1) is 41.8 Å². The van der Waals surface area contributed by atoms with Gasteiger partial charge in [-0.05, 0) is 42.8 Å². The molecule has 162 valence electrons. The van der Waals surface area contributed by atoms with Gasteiger partial charge in [-0.1, -0.05) is 0 Å². The molecule has 4 rings (SSSR count). The van der Waals surface area contributed by atoms with Crippen LogP contribution in [0.2, 0.25) is 0 Å². The normalized spacial score (nSPS) is 14.4. The Morgan fingerprint density at radius 3 is 2.71 bits per heavy atom. The molecule has 1 aliphatic heterocycles. The Bertz CT molecular complexity index is 1120. The number of carbonyl (C=O) groups excluding carboxylic acids is 1. The minimum absolute atomic E-state index is 0.00392. The van der Waals surface area contributed by atoms with Gasteiger partial charge in [0.15, 0.2) is 0 Å². The predicted octanol–water partition coefficient (Wildman–Crippen LogP) is 3.45. The Balaban J connectivity index is 1.56. The summed E-state index contributed by atoms with van der Waals surface area (Å²) in [5, 5.41) is 7.20. The largest absolute Gasteiger partial charge is 0.416 e. The maximum Gasteiger partial charge on any atom is 0.416 e. The van der Waals surface area contributed by atoms with E-state index in [0.29, 0.717) is 41.9 Å². The highest BCUT2D eigenvalue weighted by molar-refractivity contribution is 5.95. The number of hydrogen-bond donors (Lipinski definition) is 1. The van der Waals surface area contributed by atoms with Crippen molar-refractivity contribution in [3.8, 4) is 5.69 Å². The van der Waals surface area contributed by atoms with Crippen molar-refractivity contribution in [3.63, 3.8) is 0 Å². The maximum absolute atomic E-state index is 13.7. The van der Waals surface area contributed by atoms with Crippen LogP contribution in [-0.4, -0.2) is 39.9 Å². The van der Waals surface area contributed by atoms with Gasteiger partial charge < -0.3 is 10.1 Å². The van der Waals surface area contributed by atoms with Crippen molar-refractivity contribution >= 4 is 5.91 Å². The SMILES string of the molecule is Cc1nn(-c2ccnc(Cc3cc(F)cc(C(F)(F)F)c3)c2)cc1C(=O)NC1COC1. The average Bonchev–Trinajstić information content (AvgIpc) is 3.05. The maximum atomic E-state index is 13.7. The Labute approximate surface area is 174 Å². The fraction of sp³-hybridized carbons (Fsp3) is 0.286. The lowest BCUT2D eigenvalue weighted by atomic mass is 10.0. The number of rotatable bonds is 5. The number of nitrogens with zero attached hydrogens (tertiary/aromatic N) is 3. The van der Waals surface area contributed by atoms with Gasteiger partial charge in [0.25, 0.3) is 5.91 Å². The average molecular weight is 434 g/mol. The standard InChI is InChI=1S/C21H18F4N4O2/c1-12-19(20(30)27-17-10-31-11-17)9-29(28-12)18-2-3-26-16(8-18)6-13-4-14(21(23,24)25)7-15(22)5-13/h2-5,7-9,17H,6,10-11H2,1H3,(H,27,30). The Morgan fingerprint density at radius 1 is 1.26 bits per heavy atom. The number of ether oxygens (including phenoxy) is 1. The second-order valence-electron chi connectivity index (χ2n) is 7.31. The molecule has 2 aromatic heterocycles. The van der Waals surface area contributed by atoms with Gasteiger partial charge in [-0.3, -0.25) is 9.78 Å². The highest BCUT2D eigenvalue weighted by atomic mass is 19.4. The Kier molecular flexibility index (Phi) is 5.48. The molecule has 1 saturated heterocycles. The molecule has 1 amide bonds. The number of benzene rings is 1. The number of pyridine rings is 1. The van der Waals surface area contributed by atoms with E-state index in [4.69, 9.17) is 4.74 Å². The molecule has 10 heteroatoms. The molecule has 3 aromatic rings. The lowest BCUT2D eigenvalue weighted by Crippen LogP contribution is -2.48. The number of alkyl halides is 3. The van der Waals surface area contributed by atoms with E-state index in [-0.39, 0.29) is 23.9 Å². The zero-order valence-corrected chi connectivity index (χ0v) is 16.4. The third-order valence-electron chi connectivity index (χ3n) is 4.85. The third-order valence-corrected chi connectivity index (χ3v) is 4.85. The van der Waals surface area contributed by atoms with Gasteiger partial charge in [0.2, 0.25) is 0 Å². The topological polar surface area (TPSA) is 69.0 Å². The van der Waals surface area contributed by atoms with E-state index >= 15 is 0 Å². The molecule has 3 heterocycles. The van der Waals surface area contributed by atoms with E-state index < -0.39 is 17.6 Å². The van der Waals surface area contributed by atoms with E-state index in [9.17, 15) is 22.4 Å². The first-order valence-electron chi connectivity index (χ1n) is 9.46. The van der Waals surface area contributed by atoms with E-state index in [1.54, 1.807) is 25.3 Å². The molecule has 0 radical (unpaired) electrons. The van der Waals surface area contributed by atoms with Crippen molar-refractivity contribution < 1.29 is 27.1 Å². The second-order valence-corrected chi connectivity index (χ2v) is 7.31. The zero-order valence-electron chi connectivity index (χ0n) is 16.4. The zero-order chi connectivity index (χ0) is 22.2. The van der Waals surface area contributed by atoms with Gasteiger partial charge in [-0.25, -0.2) is 9.07 Å². The second kappa shape index (κ2) is 8.10. The van der Waals surface area contributed by atoms with Crippen LogP contribution in [0.1, 0.15) is 32.9 Å². The summed E-state index contributed by atoms with van der Waals surface area (Å²) in [6, 6.07) is 5.69. The Hall–Kier alpha value is -3.27. The van der Waals surface area contributed by atoms with Crippen LogP contribution in [0.5, 0.6) is 0 Å². The lowest BCUT2D eigenvalue weighted by Gasteiger charge is -2.26. The number of carbonyl (C=O) groups is 1. The van der Waals surface area contributed by atoms with Crippen molar-refractivity contribution in [1.82, 2.24) is 20.1 Å². The van der Waals surface area contributed by atoms with Crippen molar-refractivity contribution in [2.24, 2.45) is 0 Å². The van der Waals surface area contributed by atoms with E-state index in [1.165, 1.54) is 10.9 Å². The Morgan fingerprint density at radius 2 is 2.03 bits per heavy atom. The van der Waals surface area contributed by atoms with Crippen LogP contribution < -0.4 is 5.32 Å². The minimum atomic E-state index is -4.64. The summed E-state index contributed by atoms with van der Waals surface area (Å²) in [7, 11) is 0. The van der Waals surface area contributed by atoms with Crippen molar-refractivity contribution in [2.45, 2.75) is 25.6 Å². The van der Waals surface area contributed by atoms with Crippen LogP contribution in [-0.2, 0) is 17.3 Å². The summed E-state index contributed by atoms with van der Waals surface area (Å²) < 4.78 is 59.1. The van der Waals surface area contributed by atoms with Crippen molar-refractivity contribution in [1.29, 1.82) is 0 Å². The highest BCUT2D eigenvalue weighted by Gasteiger charge is 2.31. The number of aryl methyl sites for hydroxylation is 1. The lowest BCUT2D eigenvalue weighted by molar-refractivity contribution is -0.137. The molecule has 0 aliphatic carbocycles. The number of amides is 1. The minimum Gasteiger partial charge on any atom is -0.377 e. The van der Waals surface area contributed by atoms with Crippen LogP contribution in [0.4, 0.5) is 17.6 Å². The highest BCUT2D eigenvalue weighted by Crippen LogP contribution is 2.31. The van der Waals surface area contributed by atoms with Gasteiger partial charge in [-0.2, -0.15) is 18.3 Å². The fourth-order valence-corrected chi connectivity index (χ4v) is 3.23. The van der Waals surface area contributed by atoms with Gasteiger partial charge in [0, 0.05) is 24.5 Å². The van der Waals surface area contributed by atoms with E-state index in [0.717, 1.165) is 12.1 Å². The monoisotopic (exact) mass is 434 g/mol. The van der Waals surface area contributed by atoms with Crippen LogP contribution in [0.3, 0.4) is 0 Å². The molecule has 0 saturated carbocycles. The van der Waals surface area contributed by atoms with Crippen LogP contribution in [0, 0.1) is 12.7 Å². The number of nitrogens with one attached hydrogen (secondary N) is 1. The van der Waals surface area contributed by atoms with Gasteiger partial charge >= 0.3 is 6.18 Å². The molecule has 0 spiro atoms. The van der Waals surface area contributed by atoms with E-state index in [1.807, 2.05) is 0 Å². The van der Waals surface area contributed by atoms with Crippen molar-refractivity contribution in [3.05, 3.63) is 76.6 Å². The molecular weight excluding hydrogens is 416 g/mol.